The number of hydrogen-bond acceptors (Lipinski definition) is 8. The fraction of sp³-hybridized carbons (Fsp3) is 0.500. The van der Waals surface area contributed by atoms with Gasteiger partial charge in [0.2, 0.25) is 17.7 Å². The number of ether oxygens (including phenoxy) is 2. The number of nitrogens with one attached hydrogen (secondary N) is 3. The van der Waals surface area contributed by atoms with Crippen LogP contribution in [0.4, 0.5) is 0 Å². The molecule has 0 aromatic heterocycles. The summed E-state index contributed by atoms with van der Waals surface area (Å²) < 4.78 is 12.2. The van der Waals surface area contributed by atoms with Crippen LogP contribution in [0.2, 0.25) is 0 Å². The van der Waals surface area contributed by atoms with Crippen LogP contribution in [0.1, 0.15) is 61.0 Å². The summed E-state index contributed by atoms with van der Waals surface area (Å²) in [7, 11) is 1.69. The lowest BCUT2D eigenvalue weighted by molar-refractivity contribution is -0.144. The molecular formula is C38H45N5O5S. The zero-order valence-electron chi connectivity index (χ0n) is 28.3. The predicted octanol–water partition coefficient (Wildman–Crippen LogP) is 2.23. The smallest absolute Gasteiger partial charge is 0.246 e. The zero-order valence-corrected chi connectivity index (χ0v) is 29.1. The third-order valence-electron chi connectivity index (χ3n) is 9.91. The highest BCUT2D eigenvalue weighted by atomic mass is 32.2. The monoisotopic (exact) mass is 683 g/mol. The van der Waals surface area contributed by atoms with Crippen molar-refractivity contribution in [2.75, 3.05) is 32.6 Å². The normalized spacial score (nSPS) is 27.8. The van der Waals surface area contributed by atoms with Gasteiger partial charge in [0, 0.05) is 12.8 Å². The van der Waals surface area contributed by atoms with Crippen molar-refractivity contribution < 1.29 is 23.9 Å². The second-order valence-corrected chi connectivity index (χ2v) is 15.0. The Balaban J connectivity index is 1.08. The maximum absolute atomic E-state index is 14.2. The summed E-state index contributed by atoms with van der Waals surface area (Å²) in [5, 5.41) is 8.83. The Morgan fingerprint density at radius 3 is 2.29 bits per heavy atom. The lowest BCUT2D eigenvalue weighted by Crippen LogP contribution is -2.57. The number of nitrogens with zero attached hydrogens (tertiary/aromatic N) is 1. The Labute approximate surface area is 293 Å². The first-order valence-electron chi connectivity index (χ1n) is 17.0. The first-order chi connectivity index (χ1) is 23.7. The molecule has 49 heavy (non-hydrogen) atoms. The van der Waals surface area contributed by atoms with Crippen LogP contribution in [0.15, 0.2) is 48.5 Å². The first kappa shape index (κ1) is 35.0. The summed E-state index contributed by atoms with van der Waals surface area (Å²) in [4.78, 5) is 42.2. The van der Waals surface area contributed by atoms with E-state index in [1.165, 1.54) is 5.56 Å². The van der Waals surface area contributed by atoms with Crippen molar-refractivity contribution in [1.29, 1.82) is 0 Å². The number of likely N-dealkylation sites (N-methyl/N-ethyl adjacent to an activating group) is 1. The van der Waals surface area contributed by atoms with Crippen LogP contribution in [0, 0.1) is 29.1 Å². The molecule has 6 rings (SSSR count). The molecule has 2 fully saturated rings. The minimum absolute atomic E-state index is 0.0956. The maximum Gasteiger partial charge on any atom is 0.246 e. The number of thioether (sulfide) groups is 1. The Hall–Kier alpha value is -3.84. The van der Waals surface area contributed by atoms with E-state index in [0.717, 1.165) is 28.9 Å². The number of fused-ring (bicyclic) bond motifs is 3. The van der Waals surface area contributed by atoms with Gasteiger partial charge in [0.05, 0.1) is 36.2 Å². The summed E-state index contributed by atoms with van der Waals surface area (Å²) in [5.74, 6) is 11.7. The van der Waals surface area contributed by atoms with E-state index >= 15 is 0 Å². The number of hydrogen-bond donors (Lipinski definition) is 4. The van der Waals surface area contributed by atoms with Gasteiger partial charge in [-0.15, -0.1) is 11.8 Å². The maximum atomic E-state index is 14.2. The zero-order chi connectivity index (χ0) is 34.5. The molecule has 0 radical (unpaired) electrons. The minimum atomic E-state index is -0.696. The highest BCUT2D eigenvalue weighted by molar-refractivity contribution is 7.99. The van der Waals surface area contributed by atoms with E-state index in [2.05, 4.69) is 45.7 Å². The summed E-state index contributed by atoms with van der Waals surface area (Å²) in [5.41, 5.74) is 10.3. The van der Waals surface area contributed by atoms with Crippen LogP contribution in [0.3, 0.4) is 0 Å². The molecule has 2 saturated heterocycles. The largest absolute Gasteiger partial charge is 0.363 e. The van der Waals surface area contributed by atoms with Crippen molar-refractivity contribution in [3.05, 3.63) is 70.8 Å². The van der Waals surface area contributed by atoms with E-state index in [9.17, 15) is 14.4 Å². The van der Waals surface area contributed by atoms with E-state index in [1.807, 2.05) is 56.3 Å². The molecule has 2 heterocycles. The molecule has 2 aliphatic carbocycles. The first-order valence-corrected chi connectivity index (χ1v) is 18.0. The molecule has 2 aliphatic heterocycles. The van der Waals surface area contributed by atoms with Gasteiger partial charge < -0.3 is 36.1 Å². The fourth-order valence-electron chi connectivity index (χ4n) is 7.58. The Kier molecular flexibility index (Phi) is 11.0. The summed E-state index contributed by atoms with van der Waals surface area (Å²) >= 11 is 1.68. The molecule has 0 unspecified atom stereocenters. The summed E-state index contributed by atoms with van der Waals surface area (Å²) in [6, 6.07) is 14.2. The third kappa shape index (κ3) is 7.67. The van der Waals surface area contributed by atoms with Crippen molar-refractivity contribution >= 4 is 29.5 Å². The topological polar surface area (TPSA) is 135 Å². The average molecular weight is 684 g/mol. The molecule has 0 bridgehead atoms. The number of carbonyl (C=O) groups excluding carboxylic acids is 3. The van der Waals surface area contributed by atoms with Crippen LogP contribution in [-0.4, -0.2) is 84.8 Å². The van der Waals surface area contributed by atoms with Gasteiger partial charge in [0.15, 0.2) is 0 Å². The van der Waals surface area contributed by atoms with Crippen LogP contribution in [-0.2, 0) is 36.7 Å². The lowest BCUT2D eigenvalue weighted by atomic mass is 9.83. The van der Waals surface area contributed by atoms with Crippen LogP contribution in [0.25, 0.3) is 0 Å². The SMILES string of the molecule is CNCC(=O)N[C@H]1CCS[C@H]2CC(C)(C)[C@@H](C(=O)N[C@H]3c4ccccc4C[C@H]3OCC#CC#CCO[C@@H]3Cc4ccccc4[C@@H]3N)N2C1=O. The Morgan fingerprint density at radius 2 is 1.59 bits per heavy atom. The van der Waals surface area contributed by atoms with Crippen molar-refractivity contribution in [2.45, 2.75) is 81.3 Å². The third-order valence-corrected chi connectivity index (χ3v) is 11.2. The van der Waals surface area contributed by atoms with Gasteiger partial charge >= 0.3 is 0 Å². The average Bonchev–Trinajstić information content (AvgIpc) is 3.65. The van der Waals surface area contributed by atoms with Crippen LogP contribution >= 0.6 is 11.8 Å². The molecule has 2 aromatic rings. The quantitative estimate of drug-likeness (QED) is 0.296. The second-order valence-electron chi connectivity index (χ2n) is 13.7. The number of amides is 3. The van der Waals surface area contributed by atoms with Gasteiger partial charge in [-0.05, 0) is 65.2 Å². The van der Waals surface area contributed by atoms with E-state index < -0.39 is 23.5 Å². The number of benzene rings is 2. The van der Waals surface area contributed by atoms with E-state index in [-0.39, 0.29) is 61.1 Å². The molecule has 10 nitrogen and oxygen atoms in total. The van der Waals surface area contributed by atoms with Gasteiger partial charge in [-0.1, -0.05) is 74.2 Å². The van der Waals surface area contributed by atoms with Gasteiger partial charge in [0.25, 0.3) is 0 Å². The molecular weight excluding hydrogens is 639 g/mol. The van der Waals surface area contributed by atoms with Gasteiger partial charge in [0.1, 0.15) is 25.3 Å². The second kappa shape index (κ2) is 15.4. The molecule has 11 heteroatoms. The van der Waals surface area contributed by atoms with Gasteiger partial charge in [-0.3, -0.25) is 14.4 Å². The van der Waals surface area contributed by atoms with E-state index in [1.54, 1.807) is 23.7 Å². The molecule has 258 valence electrons. The van der Waals surface area contributed by atoms with Crippen molar-refractivity contribution in [3.63, 3.8) is 0 Å². The molecule has 3 amide bonds. The number of nitrogens with two attached hydrogens (primary N) is 1. The summed E-state index contributed by atoms with van der Waals surface area (Å²) in [6.07, 6.45) is 2.18. The van der Waals surface area contributed by atoms with Crippen molar-refractivity contribution in [3.8, 4) is 23.7 Å². The molecule has 0 saturated carbocycles. The van der Waals surface area contributed by atoms with E-state index in [4.69, 9.17) is 15.2 Å². The van der Waals surface area contributed by atoms with Crippen LogP contribution in [0.5, 0.6) is 0 Å². The number of carbonyl (C=O) groups is 3. The van der Waals surface area contributed by atoms with Crippen molar-refractivity contribution in [2.24, 2.45) is 11.1 Å². The van der Waals surface area contributed by atoms with E-state index in [0.29, 0.717) is 19.3 Å². The fourth-order valence-corrected chi connectivity index (χ4v) is 9.16. The molecule has 4 aliphatic rings. The highest BCUT2D eigenvalue weighted by Gasteiger charge is 2.55. The molecule has 5 N–H and O–H groups in total. The highest BCUT2D eigenvalue weighted by Crippen LogP contribution is 2.47. The summed E-state index contributed by atoms with van der Waals surface area (Å²) in [6.45, 7) is 4.58. The molecule has 2 aromatic carbocycles. The molecule has 7 atom stereocenters. The predicted molar refractivity (Wildman–Crippen MR) is 189 cm³/mol. The van der Waals surface area contributed by atoms with Crippen molar-refractivity contribution in [1.82, 2.24) is 20.9 Å². The standard InChI is InChI=1S/C38H45N5O5S/c1-38(2)22-32-43(37(46)28(16-19-49-32)41-31(44)23-40-3)35(38)36(45)42-34-27-15-9-7-13-25(27)21-30(34)48-18-11-5-4-10-17-47-29-20-24-12-6-8-14-26(24)33(29)39/h6-9,12-15,28-30,32-35,40H,16-23,39H2,1-3H3,(H,41,44)(H,42,45)/t28-,29+,30+,32-,33-,34-,35+/m0/s1. The Bertz CT molecular complexity index is 1690. The Morgan fingerprint density at radius 1 is 0.959 bits per heavy atom. The lowest BCUT2D eigenvalue weighted by Gasteiger charge is -2.35. The molecule has 0 spiro atoms. The minimum Gasteiger partial charge on any atom is -0.363 e. The van der Waals surface area contributed by atoms with Gasteiger partial charge in [-0.2, -0.15) is 0 Å². The number of rotatable bonds is 9. The van der Waals surface area contributed by atoms with Crippen LogP contribution < -0.4 is 21.7 Å². The van der Waals surface area contributed by atoms with Gasteiger partial charge in [-0.25, -0.2) is 0 Å².